The molecule has 0 atom stereocenters. The van der Waals surface area contributed by atoms with E-state index in [0.717, 1.165) is 31.4 Å². The first-order valence-corrected chi connectivity index (χ1v) is 7.36. The van der Waals surface area contributed by atoms with Crippen LogP contribution in [0.25, 0.3) is 0 Å². The molecule has 2 heteroatoms. The third-order valence-corrected chi connectivity index (χ3v) is 4.63. The number of aryl methyl sites for hydroxylation is 1. The van der Waals surface area contributed by atoms with Gasteiger partial charge in [0.25, 0.3) is 0 Å². The summed E-state index contributed by atoms with van der Waals surface area (Å²) in [5.41, 5.74) is 1.23. The van der Waals surface area contributed by atoms with Gasteiger partial charge in [0.05, 0.1) is 7.11 Å². The molecule has 2 rings (SSSR count). The Bertz CT molecular complexity index is 413. The minimum Gasteiger partial charge on any atom is -0.497 e. The zero-order valence-corrected chi connectivity index (χ0v) is 12.1. The Morgan fingerprint density at radius 2 is 1.84 bits per heavy atom. The van der Waals surface area contributed by atoms with Gasteiger partial charge in [-0.25, -0.2) is 0 Å². The SMILES string of the molecule is CCC1(C(=O)CCc2ccc(OC)cc2)CCCC1. The summed E-state index contributed by atoms with van der Waals surface area (Å²) in [5.74, 6) is 1.35. The first-order chi connectivity index (χ1) is 9.20. The van der Waals surface area contributed by atoms with Crippen molar-refractivity contribution in [2.45, 2.75) is 51.9 Å². The number of carbonyl (C=O) groups is 1. The normalized spacial score (nSPS) is 17.4. The van der Waals surface area contributed by atoms with Crippen LogP contribution in [-0.2, 0) is 11.2 Å². The predicted octanol–water partition coefficient (Wildman–Crippen LogP) is 4.17. The third-order valence-electron chi connectivity index (χ3n) is 4.63. The molecule has 1 saturated carbocycles. The molecule has 1 aromatic rings. The maximum atomic E-state index is 12.5. The zero-order chi connectivity index (χ0) is 13.7. The summed E-state index contributed by atoms with van der Waals surface area (Å²) in [4.78, 5) is 12.5. The molecule has 1 aromatic carbocycles. The number of rotatable bonds is 6. The molecule has 1 aliphatic carbocycles. The Labute approximate surface area is 116 Å². The highest BCUT2D eigenvalue weighted by Crippen LogP contribution is 2.42. The quantitative estimate of drug-likeness (QED) is 0.767. The van der Waals surface area contributed by atoms with Gasteiger partial charge in [-0.05, 0) is 43.4 Å². The fourth-order valence-electron chi connectivity index (χ4n) is 3.20. The van der Waals surface area contributed by atoms with Gasteiger partial charge in [0.1, 0.15) is 11.5 Å². The minimum atomic E-state index is 0.00642. The maximum Gasteiger partial charge on any atom is 0.139 e. The Hall–Kier alpha value is -1.31. The van der Waals surface area contributed by atoms with E-state index in [2.05, 4.69) is 19.1 Å². The molecule has 0 N–H and O–H groups in total. The Morgan fingerprint density at radius 1 is 1.21 bits per heavy atom. The van der Waals surface area contributed by atoms with E-state index in [1.807, 2.05) is 12.1 Å². The molecule has 1 fully saturated rings. The van der Waals surface area contributed by atoms with Crippen LogP contribution < -0.4 is 4.74 Å². The van der Waals surface area contributed by atoms with Crippen molar-refractivity contribution in [3.63, 3.8) is 0 Å². The molecule has 0 spiro atoms. The van der Waals surface area contributed by atoms with Gasteiger partial charge in [-0.3, -0.25) is 4.79 Å². The molecule has 0 radical (unpaired) electrons. The zero-order valence-electron chi connectivity index (χ0n) is 12.1. The third kappa shape index (κ3) is 3.17. The number of methoxy groups -OCH3 is 1. The smallest absolute Gasteiger partial charge is 0.139 e. The van der Waals surface area contributed by atoms with Crippen LogP contribution in [0, 0.1) is 5.41 Å². The molecular weight excluding hydrogens is 236 g/mol. The minimum absolute atomic E-state index is 0.00642. The molecule has 2 nitrogen and oxygen atoms in total. The van der Waals surface area contributed by atoms with Crippen LogP contribution in [0.4, 0.5) is 0 Å². The number of ether oxygens (including phenoxy) is 1. The van der Waals surface area contributed by atoms with Gasteiger partial charge in [0, 0.05) is 11.8 Å². The second-order valence-corrected chi connectivity index (χ2v) is 5.61. The standard InChI is InChI=1S/C17H24O2/c1-3-17(12-4-5-13-17)16(18)11-8-14-6-9-15(19-2)10-7-14/h6-7,9-10H,3-5,8,11-13H2,1-2H3. The summed E-state index contributed by atoms with van der Waals surface area (Å²) in [7, 11) is 1.67. The molecular formula is C17H24O2. The fourth-order valence-corrected chi connectivity index (χ4v) is 3.20. The second-order valence-electron chi connectivity index (χ2n) is 5.61. The summed E-state index contributed by atoms with van der Waals surface area (Å²) in [5, 5.41) is 0. The highest BCUT2D eigenvalue weighted by Gasteiger charge is 2.38. The average Bonchev–Trinajstić information content (AvgIpc) is 2.95. The van der Waals surface area contributed by atoms with E-state index in [-0.39, 0.29) is 5.41 Å². The number of ketones is 1. The lowest BCUT2D eigenvalue weighted by Gasteiger charge is -2.25. The topological polar surface area (TPSA) is 26.3 Å². The van der Waals surface area contributed by atoms with E-state index < -0.39 is 0 Å². The Kier molecular flexibility index (Phi) is 4.62. The largest absolute Gasteiger partial charge is 0.497 e. The van der Waals surface area contributed by atoms with Crippen molar-refractivity contribution in [3.05, 3.63) is 29.8 Å². The summed E-state index contributed by atoms with van der Waals surface area (Å²) in [6, 6.07) is 8.04. The number of carbonyl (C=O) groups excluding carboxylic acids is 1. The molecule has 0 bridgehead atoms. The predicted molar refractivity (Wildman–Crippen MR) is 77.5 cm³/mol. The summed E-state index contributed by atoms with van der Waals surface area (Å²) >= 11 is 0. The van der Waals surface area contributed by atoms with Crippen LogP contribution in [0.2, 0.25) is 0 Å². The summed E-state index contributed by atoms with van der Waals surface area (Å²) in [6.07, 6.45) is 7.19. The molecule has 0 saturated heterocycles. The van der Waals surface area contributed by atoms with E-state index >= 15 is 0 Å². The Morgan fingerprint density at radius 3 is 2.37 bits per heavy atom. The van der Waals surface area contributed by atoms with Gasteiger partial charge in [-0.1, -0.05) is 31.9 Å². The van der Waals surface area contributed by atoms with E-state index in [1.165, 1.54) is 18.4 Å². The molecule has 104 valence electrons. The van der Waals surface area contributed by atoms with E-state index in [0.29, 0.717) is 12.2 Å². The number of Topliss-reactive ketones (excluding diaryl/α,β-unsaturated/α-hetero) is 1. The highest BCUT2D eigenvalue weighted by molar-refractivity contribution is 5.85. The molecule has 0 unspecified atom stereocenters. The number of hydrogen-bond acceptors (Lipinski definition) is 2. The van der Waals surface area contributed by atoms with Crippen LogP contribution in [-0.4, -0.2) is 12.9 Å². The monoisotopic (exact) mass is 260 g/mol. The van der Waals surface area contributed by atoms with Crippen molar-refractivity contribution in [3.8, 4) is 5.75 Å². The summed E-state index contributed by atoms with van der Waals surface area (Å²) in [6.45, 7) is 2.16. The van der Waals surface area contributed by atoms with Gasteiger partial charge < -0.3 is 4.74 Å². The maximum absolute atomic E-state index is 12.5. The van der Waals surface area contributed by atoms with Crippen molar-refractivity contribution in [1.29, 1.82) is 0 Å². The van der Waals surface area contributed by atoms with E-state index in [9.17, 15) is 4.79 Å². The molecule has 0 amide bonds. The van der Waals surface area contributed by atoms with Crippen LogP contribution in [0.5, 0.6) is 5.75 Å². The van der Waals surface area contributed by atoms with Crippen molar-refractivity contribution in [2.24, 2.45) is 5.41 Å². The van der Waals surface area contributed by atoms with Crippen LogP contribution >= 0.6 is 0 Å². The first-order valence-electron chi connectivity index (χ1n) is 7.36. The van der Waals surface area contributed by atoms with Gasteiger partial charge in [0.15, 0.2) is 0 Å². The lowest BCUT2D eigenvalue weighted by Crippen LogP contribution is -2.27. The first kappa shape index (κ1) is 14.1. The summed E-state index contributed by atoms with van der Waals surface area (Å²) < 4.78 is 5.14. The van der Waals surface area contributed by atoms with Gasteiger partial charge in [0.2, 0.25) is 0 Å². The van der Waals surface area contributed by atoms with E-state index in [4.69, 9.17) is 4.74 Å². The number of benzene rings is 1. The molecule has 1 aliphatic rings. The fraction of sp³-hybridized carbons (Fsp3) is 0.588. The molecule has 0 heterocycles. The van der Waals surface area contributed by atoms with Crippen molar-refractivity contribution >= 4 is 5.78 Å². The lowest BCUT2D eigenvalue weighted by atomic mass is 9.77. The van der Waals surface area contributed by atoms with E-state index in [1.54, 1.807) is 7.11 Å². The highest BCUT2D eigenvalue weighted by atomic mass is 16.5. The van der Waals surface area contributed by atoms with Crippen LogP contribution in [0.15, 0.2) is 24.3 Å². The van der Waals surface area contributed by atoms with Crippen LogP contribution in [0.3, 0.4) is 0 Å². The molecule has 19 heavy (non-hydrogen) atoms. The average molecular weight is 260 g/mol. The van der Waals surface area contributed by atoms with Gasteiger partial charge in [-0.15, -0.1) is 0 Å². The molecule has 0 aromatic heterocycles. The number of hydrogen-bond donors (Lipinski definition) is 0. The van der Waals surface area contributed by atoms with Crippen LogP contribution in [0.1, 0.15) is 51.0 Å². The second kappa shape index (κ2) is 6.23. The molecule has 0 aliphatic heterocycles. The van der Waals surface area contributed by atoms with Gasteiger partial charge >= 0.3 is 0 Å². The lowest BCUT2D eigenvalue weighted by molar-refractivity contribution is -0.128. The van der Waals surface area contributed by atoms with Crippen molar-refractivity contribution < 1.29 is 9.53 Å². The van der Waals surface area contributed by atoms with Crippen molar-refractivity contribution in [2.75, 3.05) is 7.11 Å². The van der Waals surface area contributed by atoms with Crippen molar-refractivity contribution in [1.82, 2.24) is 0 Å². The Balaban J connectivity index is 1.92. The van der Waals surface area contributed by atoms with Gasteiger partial charge in [-0.2, -0.15) is 0 Å².